The van der Waals surface area contributed by atoms with Crippen molar-refractivity contribution >= 4 is 0 Å². The van der Waals surface area contributed by atoms with Crippen molar-refractivity contribution in [3.63, 3.8) is 0 Å². The number of nitrogens with one attached hydrogen (secondary N) is 1. The first-order valence-corrected chi connectivity index (χ1v) is 8.06. The summed E-state index contributed by atoms with van der Waals surface area (Å²) in [4.78, 5) is 0. The molecule has 2 aliphatic rings. The van der Waals surface area contributed by atoms with Crippen LogP contribution >= 0.6 is 0 Å². The number of hydrogen-bond donors (Lipinski definition) is 1. The molecule has 3 rings (SSSR count). The lowest BCUT2D eigenvalue weighted by Gasteiger charge is -2.31. The number of benzene rings is 1. The van der Waals surface area contributed by atoms with Gasteiger partial charge in [-0.05, 0) is 43.5 Å². The zero-order valence-corrected chi connectivity index (χ0v) is 12.7. The zero-order valence-electron chi connectivity index (χ0n) is 12.7. The summed E-state index contributed by atoms with van der Waals surface area (Å²) in [5, 5.41) is 3.59. The highest BCUT2D eigenvalue weighted by atomic mass is 16.6. The van der Waals surface area contributed by atoms with Gasteiger partial charge in [0, 0.05) is 0 Å². The van der Waals surface area contributed by atoms with E-state index in [4.69, 9.17) is 14.2 Å². The Bertz CT molecular complexity index is 441. The molecular weight excluding hydrogens is 266 g/mol. The molecule has 2 fully saturated rings. The standard InChI is InChI=1S/C17H25NO3/c1-2-8-18-17(16-12-19-9-10-20-16)13-4-3-5-15(11-13)21-14-6-7-14/h3-5,11,14,16-18H,2,6-10,12H2,1H3. The minimum Gasteiger partial charge on any atom is -0.490 e. The second-order valence-electron chi connectivity index (χ2n) is 5.81. The summed E-state index contributed by atoms with van der Waals surface area (Å²) >= 11 is 0. The lowest BCUT2D eigenvalue weighted by Crippen LogP contribution is -2.40. The molecule has 1 aliphatic carbocycles. The maximum atomic E-state index is 5.91. The molecule has 0 spiro atoms. The fourth-order valence-electron chi connectivity index (χ4n) is 2.62. The molecule has 0 bridgehead atoms. The highest BCUT2D eigenvalue weighted by Crippen LogP contribution is 2.30. The fraction of sp³-hybridized carbons (Fsp3) is 0.647. The van der Waals surface area contributed by atoms with Crippen LogP contribution in [0.2, 0.25) is 0 Å². The van der Waals surface area contributed by atoms with E-state index in [0.29, 0.717) is 25.9 Å². The van der Waals surface area contributed by atoms with Crippen LogP contribution in [0.5, 0.6) is 5.75 Å². The van der Waals surface area contributed by atoms with Crippen LogP contribution in [0.3, 0.4) is 0 Å². The van der Waals surface area contributed by atoms with E-state index < -0.39 is 0 Å². The molecule has 1 aromatic carbocycles. The van der Waals surface area contributed by atoms with Crippen LogP contribution in [0.15, 0.2) is 24.3 Å². The summed E-state index contributed by atoms with van der Waals surface area (Å²) in [5.41, 5.74) is 1.22. The summed E-state index contributed by atoms with van der Waals surface area (Å²) in [7, 11) is 0. The maximum Gasteiger partial charge on any atom is 0.120 e. The average Bonchev–Trinajstić information content (AvgIpc) is 3.33. The first-order valence-electron chi connectivity index (χ1n) is 8.06. The zero-order chi connectivity index (χ0) is 14.5. The second kappa shape index (κ2) is 7.25. The van der Waals surface area contributed by atoms with E-state index in [-0.39, 0.29) is 12.1 Å². The van der Waals surface area contributed by atoms with Crippen molar-refractivity contribution in [3.8, 4) is 5.75 Å². The van der Waals surface area contributed by atoms with E-state index in [1.54, 1.807) is 0 Å². The van der Waals surface area contributed by atoms with Crippen molar-refractivity contribution in [2.75, 3.05) is 26.4 Å². The van der Waals surface area contributed by atoms with Crippen LogP contribution in [0.1, 0.15) is 37.8 Å². The molecule has 1 N–H and O–H groups in total. The van der Waals surface area contributed by atoms with E-state index in [1.165, 1.54) is 18.4 Å². The van der Waals surface area contributed by atoms with Gasteiger partial charge in [0.25, 0.3) is 0 Å². The van der Waals surface area contributed by atoms with Crippen LogP contribution in [-0.2, 0) is 9.47 Å². The van der Waals surface area contributed by atoms with Gasteiger partial charge < -0.3 is 19.5 Å². The van der Waals surface area contributed by atoms with E-state index in [2.05, 4.69) is 30.4 Å². The number of rotatable bonds is 7. The first kappa shape index (κ1) is 14.8. The molecule has 1 heterocycles. The Labute approximate surface area is 126 Å². The summed E-state index contributed by atoms with van der Waals surface area (Å²) < 4.78 is 17.4. The fourth-order valence-corrected chi connectivity index (χ4v) is 2.62. The lowest BCUT2D eigenvalue weighted by molar-refractivity contribution is -0.102. The quantitative estimate of drug-likeness (QED) is 0.838. The number of ether oxygens (including phenoxy) is 3. The topological polar surface area (TPSA) is 39.7 Å². The van der Waals surface area contributed by atoms with Crippen LogP contribution in [-0.4, -0.2) is 38.6 Å². The largest absolute Gasteiger partial charge is 0.490 e. The average molecular weight is 291 g/mol. The van der Waals surface area contributed by atoms with Crippen LogP contribution < -0.4 is 10.1 Å². The maximum absolute atomic E-state index is 5.91. The molecule has 1 aliphatic heterocycles. The van der Waals surface area contributed by atoms with Crippen molar-refractivity contribution in [2.45, 2.75) is 44.4 Å². The molecule has 1 aromatic rings. The van der Waals surface area contributed by atoms with Crippen molar-refractivity contribution in [3.05, 3.63) is 29.8 Å². The summed E-state index contributed by atoms with van der Waals surface area (Å²) in [6.07, 6.45) is 3.96. The van der Waals surface area contributed by atoms with Crippen LogP contribution in [0, 0.1) is 0 Å². The molecular formula is C17H25NO3. The van der Waals surface area contributed by atoms with Crippen LogP contribution in [0.25, 0.3) is 0 Å². The van der Waals surface area contributed by atoms with Crippen molar-refractivity contribution in [2.24, 2.45) is 0 Å². The van der Waals surface area contributed by atoms with Crippen molar-refractivity contribution in [1.82, 2.24) is 5.32 Å². The molecule has 4 heteroatoms. The van der Waals surface area contributed by atoms with Gasteiger partial charge in [-0.25, -0.2) is 0 Å². The molecule has 2 atom stereocenters. The van der Waals surface area contributed by atoms with Crippen LogP contribution in [0.4, 0.5) is 0 Å². The minimum absolute atomic E-state index is 0.0708. The molecule has 116 valence electrons. The second-order valence-corrected chi connectivity index (χ2v) is 5.81. The highest BCUT2D eigenvalue weighted by Gasteiger charge is 2.27. The first-order chi connectivity index (χ1) is 10.4. The van der Waals surface area contributed by atoms with Gasteiger partial charge in [-0.1, -0.05) is 19.1 Å². The van der Waals surface area contributed by atoms with E-state index in [1.807, 2.05) is 6.07 Å². The predicted octanol–water partition coefficient (Wildman–Crippen LogP) is 2.68. The van der Waals surface area contributed by atoms with Gasteiger partial charge in [0.2, 0.25) is 0 Å². The Kier molecular flexibility index (Phi) is 5.12. The summed E-state index contributed by atoms with van der Waals surface area (Å²) in [6, 6.07) is 8.55. The predicted molar refractivity (Wildman–Crippen MR) is 81.7 cm³/mol. The Morgan fingerprint density at radius 2 is 2.24 bits per heavy atom. The molecule has 4 nitrogen and oxygen atoms in total. The Morgan fingerprint density at radius 3 is 2.95 bits per heavy atom. The van der Waals surface area contributed by atoms with Gasteiger partial charge in [0.1, 0.15) is 11.9 Å². The lowest BCUT2D eigenvalue weighted by atomic mass is 10.0. The molecule has 0 radical (unpaired) electrons. The third-order valence-electron chi connectivity index (χ3n) is 3.87. The Hall–Kier alpha value is -1.10. The monoisotopic (exact) mass is 291 g/mol. The van der Waals surface area contributed by atoms with Gasteiger partial charge >= 0.3 is 0 Å². The molecule has 21 heavy (non-hydrogen) atoms. The molecule has 0 aromatic heterocycles. The summed E-state index contributed by atoms with van der Waals surface area (Å²) in [6.45, 7) is 5.16. The third kappa shape index (κ3) is 4.19. The van der Waals surface area contributed by atoms with Gasteiger partial charge in [-0.2, -0.15) is 0 Å². The van der Waals surface area contributed by atoms with E-state index in [0.717, 1.165) is 18.7 Å². The highest BCUT2D eigenvalue weighted by molar-refractivity contribution is 5.31. The van der Waals surface area contributed by atoms with E-state index >= 15 is 0 Å². The smallest absolute Gasteiger partial charge is 0.120 e. The molecule has 2 unspecified atom stereocenters. The van der Waals surface area contributed by atoms with Gasteiger partial charge in [0.05, 0.1) is 32.0 Å². The summed E-state index contributed by atoms with van der Waals surface area (Å²) in [5.74, 6) is 0.968. The SMILES string of the molecule is CCCNC(c1cccc(OC2CC2)c1)C1COCCO1. The Morgan fingerprint density at radius 1 is 1.33 bits per heavy atom. The van der Waals surface area contributed by atoms with Crippen molar-refractivity contribution < 1.29 is 14.2 Å². The third-order valence-corrected chi connectivity index (χ3v) is 3.87. The van der Waals surface area contributed by atoms with Crippen molar-refractivity contribution in [1.29, 1.82) is 0 Å². The van der Waals surface area contributed by atoms with E-state index in [9.17, 15) is 0 Å². The Balaban J connectivity index is 1.73. The van der Waals surface area contributed by atoms with Gasteiger partial charge in [0.15, 0.2) is 0 Å². The normalized spacial score (nSPS) is 23.8. The van der Waals surface area contributed by atoms with Gasteiger partial charge in [-0.3, -0.25) is 0 Å². The van der Waals surface area contributed by atoms with Gasteiger partial charge in [-0.15, -0.1) is 0 Å². The number of hydrogen-bond acceptors (Lipinski definition) is 4. The molecule has 0 amide bonds. The minimum atomic E-state index is 0.0708. The molecule has 1 saturated heterocycles. The molecule has 1 saturated carbocycles.